The molecule has 7 nitrogen and oxygen atoms in total. The van der Waals surface area contributed by atoms with E-state index in [0.717, 1.165) is 25.9 Å². The average Bonchev–Trinajstić information content (AvgIpc) is 2.77. The van der Waals surface area contributed by atoms with Crippen LogP contribution >= 0.6 is 24.0 Å². The molecule has 1 fully saturated rings. The lowest BCUT2D eigenvalue weighted by Gasteiger charge is -2.27. The second-order valence-corrected chi connectivity index (χ2v) is 7.10. The van der Waals surface area contributed by atoms with Gasteiger partial charge in [-0.05, 0) is 33.6 Å². The first kappa shape index (κ1) is 24.2. The van der Waals surface area contributed by atoms with Crippen molar-refractivity contribution in [2.45, 2.75) is 52.1 Å². The molecule has 0 bridgehead atoms. The number of hydrogen-bond acceptors (Lipinski definition) is 4. The van der Waals surface area contributed by atoms with Gasteiger partial charge in [0.15, 0.2) is 5.96 Å². The van der Waals surface area contributed by atoms with E-state index in [9.17, 15) is 4.79 Å². The summed E-state index contributed by atoms with van der Waals surface area (Å²) in [4.78, 5) is 20.4. The zero-order valence-corrected chi connectivity index (χ0v) is 18.5. The Hall–Kier alpha value is -0.770. The maximum Gasteiger partial charge on any atom is 0.410 e. The number of carbonyl (C=O) groups excluding carboxylic acids is 1. The predicted molar refractivity (Wildman–Crippen MR) is 112 cm³/mol. The number of likely N-dealkylation sites (tertiary alicyclic amines) is 1. The molecular formula is C17H35IN4O3. The SMILES string of the molecule is COCCN(CCN=C(N)N1CCCCCC1)C(=O)OC(C)(C)C.I. The average molecular weight is 470 g/mol. The van der Waals surface area contributed by atoms with Gasteiger partial charge in [0.2, 0.25) is 0 Å². The summed E-state index contributed by atoms with van der Waals surface area (Å²) in [6.45, 7) is 9.37. The number of guanidine groups is 1. The van der Waals surface area contributed by atoms with Crippen molar-refractivity contribution in [1.29, 1.82) is 0 Å². The van der Waals surface area contributed by atoms with E-state index in [1.807, 2.05) is 20.8 Å². The van der Waals surface area contributed by atoms with Crippen LogP contribution in [0.4, 0.5) is 4.79 Å². The van der Waals surface area contributed by atoms with Gasteiger partial charge in [-0.1, -0.05) is 12.8 Å². The van der Waals surface area contributed by atoms with E-state index in [1.165, 1.54) is 12.8 Å². The Morgan fingerprint density at radius 1 is 1.16 bits per heavy atom. The van der Waals surface area contributed by atoms with Gasteiger partial charge in [0.25, 0.3) is 0 Å². The Morgan fingerprint density at radius 2 is 1.76 bits per heavy atom. The Kier molecular flexibility index (Phi) is 12.2. The van der Waals surface area contributed by atoms with E-state index >= 15 is 0 Å². The lowest BCUT2D eigenvalue weighted by Crippen LogP contribution is -2.41. The van der Waals surface area contributed by atoms with Gasteiger partial charge in [-0.25, -0.2) is 4.79 Å². The van der Waals surface area contributed by atoms with E-state index in [2.05, 4.69) is 9.89 Å². The minimum absolute atomic E-state index is 0. The summed E-state index contributed by atoms with van der Waals surface area (Å²) >= 11 is 0. The Balaban J connectivity index is 0.00000576. The third-order valence-corrected chi connectivity index (χ3v) is 3.79. The third-order valence-electron chi connectivity index (χ3n) is 3.79. The zero-order chi connectivity index (χ0) is 18.0. The molecule has 0 radical (unpaired) electrons. The molecule has 148 valence electrons. The Bertz CT molecular complexity index is 405. The number of rotatable bonds is 6. The molecule has 1 aliphatic rings. The van der Waals surface area contributed by atoms with Crippen LogP contribution in [0, 0.1) is 0 Å². The smallest absolute Gasteiger partial charge is 0.410 e. The van der Waals surface area contributed by atoms with Gasteiger partial charge in [0.05, 0.1) is 13.2 Å². The first-order chi connectivity index (χ1) is 11.3. The molecule has 0 atom stereocenters. The normalized spacial score (nSPS) is 16.0. The van der Waals surface area contributed by atoms with Crippen LogP contribution in [0.2, 0.25) is 0 Å². The molecule has 1 aliphatic heterocycles. The summed E-state index contributed by atoms with van der Waals surface area (Å²) in [5.74, 6) is 0.577. The summed E-state index contributed by atoms with van der Waals surface area (Å²) in [7, 11) is 1.61. The molecule has 0 saturated carbocycles. The largest absolute Gasteiger partial charge is 0.444 e. The first-order valence-corrected chi connectivity index (χ1v) is 8.85. The van der Waals surface area contributed by atoms with E-state index in [-0.39, 0.29) is 30.1 Å². The molecule has 0 aromatic carbocycles. The molecule has 0 aromatic rings. The Morgan fingerprint density at radius 3 is 2.28 bits per heavy atom. The van der Waals surface area contributed by atoms with Crippen LogP contribution in [-0.2, 0) is 9.47 Å². The molecule has 0 spiro atoms. The number of nitrogens with two attached hydrogens (primary N) is 1. The van der Waals surface area contributed by atoms with E-state index in [0.29, 0.717) is 32.2 Å². The molecule has 1 heterocycles. The monoisotopic (exact) mass is 470 g/mol. The van der Waals surface area contributed by atoms with Gasteiger partial charge in [-0.2, -0.15) is 0 Å². The number of hydrogen-bond donors (Lipinski definition) is 1. The van der Waals surface area contributed by atoms with Crippen molar-refractivity contribution >= 4 is 36.0 Å². The summed E-state index contributed by atoms with van der Waals surface area (Å²) in [5.41, 5.74) is 5.58. The number of amides is 1. The highest BCUT2D eigenvalue weighted by molar-refractivity contribution is 14.0. The van der Waals surface area contributed by atoms with Crippen LogP contribution in [0.3, 0.4) is 0 Å². The highest BCUT2D eigenvalue weighted by Crippen LogP contribution is 2.11. The van der Waals surface area contributed by atoms with Crippen molar-refractivity contribution in [3.05, 3.63) is 0 Å². The minimum atomic E-state index is -0.517. The van der Waals surface area contributed by atoms with Crippen molar-refractivity contribution < 1.29 is 14.3 Å². The molecule has 1 amide bonds. The second-order valence-electron chi connectivity index (χ2n) is 7.10. The van der Waals surface area contributed by atoms with Gasteiger partial charge in [0, 0.05) is 33.3 Å². The molecule has 1 saturated heterocycles. The van der Waals surface area contributed by atoms with E-state index in [1.54, 1.807) is 12.0 Å². The van der Waals surface area contributed by atoms with Crippen LogP contribution in [0.1, 0.15) is 46.5 Å². The van der Waals surface area contributed by atoms with Gasteiger partial charge in [0.1, 0.15) is 5.60 Å². The Labute approximate surface area is 169 Å². The van der Waals surface area contributed by atoms with Gasteiger partial charge < -0.3 is 25.0 Å². The second kappa shape index (κ2) is 12.6. The van der Waals surface area contributed by atoms with Gasteiger partial charge in [-0.3, -0.25) is 4.99 Å². The molecule has 0 aliphatic carbocycles. The maximum absolute atomic E-state index is 12.2. The zero-order valence-electron chi connectivity index (χ0n) is 16.1. The van der Waals surface area contributed by atoms with Crippen LogP contribution in [-0.4, -0.2) is 73.9 Å². The van der Waals surface area contributed by atoms with Crippen molar-refractivity contribution in [3.63, 3.8) is 0 Å². The van der Waals surface area contributed by atoms with E-state index in [4.69, 9.17) is 15.2 Å². The van der Waals surface area contributed by atoms with Crippen molar-refractivity contribution in [2.75, 3.05) is 46.4 Å². The number of aliphatic imine (C=N–C) groups is 1. The first-order valence-electron chi connectivity index (χ1n) is 8.85. The van der Waals surface area contributed by atoms with E-state index < -0.39 is 5.60 Å². The third kappa shape index (κ3) is 10.7. The molecule has 0 unspecified atom stereocenters. The van der Waals surface area contributed by atoms with Crippen molar-refractivity contribution in [2.24, 2.45) is 10.7 Å². The fourth-order valence-electron chi connectivity index (χ4n) is 2.51. The lowest BCUT2D eigenvalue weighted by molar-refractivity contribution is 0.0208. The minimum Gasteiger partial charge on any atom is -0.444 e. The summed E-state index contributed by atoms with van der Waals surface area (Å²) in [5, 5.41) is 0. The highest BCUT2D eigenvalue weighted by atomic mass is 127. The number of ether oxygens (including phenoxy) is 2. The summed E-state index contributed by atoms with van der Waals surface area (Å²) in [6, 6.07) is 0. The van der Waals surface area contributed by atoms with Crippen LogP contribution < -0.4 is 5.73 Å². The molecule has 1 rings (SSSR count). The molecule has 2 N–H and O–H groups in total. The van der Waals surface area contributed by atoms with Crippen molar-refractivity contribution in [1.82, 2.24) is 9.80 Å². The molecule has 0 aromatic heterocycles. The standard InChI is InChI=1S/C17H34N4O3.HI/c1-17(2,3)24-16(22)21(13-14-23-4)12-9-19-15(18)20-10-7-5-6-8-11-20;/h5-14H2,1-4H3,(H2,18,19);1H. The molecule has 25 heavy (non-hydrogen) atoms. The predicted octanol–water partition coefficient (Wildman–Crippen LogP) is 2.68. The lowest BCUT2D eigenvalue weighted by atomic mass is 10.2. The quantitative estimate of drug-likeness (QED) is 0.367. The molecule has 8 heteroatoms. The van der Waals surface area contributed by atoms with Crippen LogP contribution in [0.25, 0.3) is 0 Å². The van der Waals surface area contributed by atoms with Crippen LogP contribution in [0.5, 0.6) is 0 Å². The highest BCUT2D eigenvalue weighted by Gasteiger charge is 2.21. The number of nitrogens with zero attached hydrogens (tertiary/aromatic N) is 3. The maximum atomic E-state index is 12.2. The van der Waals surface area contributed by atoms with Gasteiger partial charge >= 0.3 is 6.09 Å². The molecular weight excluding hydrogens is 435 g/mol. The number of methoxy groups -OCH3 is 1. The van der Waals surface area contributed by atoms with Gasteiger partial charge in [-0.15, -0.1) is 24.0 Å². The van der Waals surface area contributed by atoms with Crippen LogP contribution in [0.15, 0.2) is 4.99 Å². The van der Waals surface area contributed by atoms with Crippen molar-refractivity contribution in [3.8, 4) is 0 Å². The topological polar surface area (TPSA) is 80.4 Å². The fourth-order valence-corrected chi connectivity index (χ4v) is 2.51. The number of halogens is 1. The number of carbonyl (C=O) groups is 1. The fraction of sp³-hybridized carbons (Fsp3) is 0.882. The summed E-state index contributed by atoms with van der Waals surface area (Å²) in [6.07, 6.45) is 4.49. The summed E-state index contributed by atoms with van der Waals surface area (Å²) < 4.78 is 10.5.